The summed E-state index contributed by atoms with van der Waals surface area (Å²) in [5, 5.41) is 3.46. The molecule has 1 heterocycles. The largest absolute Gasteiger partial charge is 0.445 e. The maximum atomic E-state index is 14.0. The number of carbonyl (C=O) groups is 1. The summed E-state index contributed by atoms with van der Waals surface area (Å²) >= 11 is 0. The molecule has 3 aromatic rings. The van der Waals surface area contributed by atoms with E-state index >= 15 is 0 Å². The number of hydrogen-bond donors (Lipinski definition) is 1. The van der Waals surface area contributed by atoms with Crippen LogP contribution < -0.4 is 5.32 Å². The van der Waals surface area contributed by atoms with Crippen molar-refractivity contribution in [3.8, 4) is 0 Å². The lowest BCUT2D eigenvalue weighted by molar-refractivity contribution is 0.141. The van der Waals surface area contributed by atoms with Crippen molar-refractivity contribution < 1.29 is 13.9 Å². The van der Waals surface area contributed by atoms with E-state index in [1.165, 1.54) is 6.07 Å². The quantitative estimate of drug-likeness (QED) is 0.755. The smallest absolute Gasteiger partial charge is 0.407 e. The number of aromatic nitrogens is 1. The summed E-state index contributed by atoms with van der Waals surface area (Å²) in [6.07, 6.45) is 4.41. The highest BCUT2D eigenvalue weighted by molar-refractivity contribution is 5.81. The van der Waals surface area contributed by atoms with Gasteiger partial charge in [0.15, 0.2) is 0 Å². The number of pyridine rings is 1. The highest BCUT2D eigenvalue weighted by Gasteiger charge is 2.03. The summed E-state index contributed by atoms with van der Waals surface area (Å²) in [6, 6.07) is 16.2. The maximum absolute atomic E-state index is 14.0. The number of hydrogen-bond acceptors (Lipinski definition) is 3. The van der Waals surface area contributed by atoms with Gasteiger partial charge in [0, 0.05) is 29.8 Å². The number of nitrogens with one attached hydrogen (secondary N) is 1. The standard InChI is InChI=1S/C20H17FN2O2/c21-18-13-19-17(9-5-10-22-19)12-16(18)8-4-11-23-20(24)25-14-15-6-2-1-3-7-15/h1-10,12-13H,11,14H2,(H,23,24). The molecule has 0 saturated carbocycles. The van der Waals surface area contributed by atoms with Crippen LogP contribution in [0.1, 0.15) is 11.1 Å². The van der Waals surface area contributed by atoms with Gasteiger partial charge in [-0.15, -0.1) is 0 Å². The highest BCUT2D eigenvalue weighted by atomic mass is 19.1. The van der Waals surface area contributed by atoms with Gasteiger partial charge >= 0.3 is 6.09 Å². The van der Waals surface area contributed by atoms with Gasteiger partial charge in [-0.2, -0.15) is 0 Å². The Kier molecular flexibility index (Phi) is 5.36. The third-order valence-electron chi connectivity index (χ3n) is 3.60. The number of fused-ring (bicyclic) bond motifs is 1. The van der Waals surface area contributed by atoms with E-state index in [1.54, 1.807) is 30.5 Å². The molecule has 1 amide bonds. The van der Waals surface area contributed by atoms with Crippen LogP contribution >= 0.6 is 0 Å². The second kappa shape index (κ2) is 8.06. The molecule has 5 heteroatoms. The SMILES string of the molecule is O=C(NCC=Cc1cc2cccnc2cc1F)OCc1ccccc1. The van der Waals surface area contributed by atoms with Gasteiger partial charge in [0.05, 0.1) is 5.52 Å². The fourth-order valence-corrected chi connectivity index (χ4v) is 2.34. The first-order valence-electron chi connectivity index (χ1n) is 7.88. The van der Waals surface area contributed by atoms with Crippen LogP contribution in [-0.2, 0) is 11.3 Å². The molecule has 1 aromatic heterocycles. The number of amides is 1. The van der Waals surface area contributed by atoms with Crippen molar-refractivity contribution in [3.05, 3.63) is 83.8 Å². The zero-order valence-corrected chi connectivity index (χ0v) is 13.5. The number of halogens is 1. The molecule has 1 N–H and O–H groups in total. The van der Waals surface area contributed by atoms with Gasteiger partial charge in [-0.25, -0.2) is 9.18 Å². The molecule has 0 bridgehead atoms. The van der Waals surface area contributed by atoms with Crippen LogP contribution in [0.5, 0.6) is 0 Å². The zero-order valence-electron chi connectivity index (χ0n) is 13.5. The molecule has 126 valence electrons. The molecule has 2 aromatic carbocycles. The Morgan fingerprint density at radius 2 is 2.00 bits per heavy atom. The molecule has 0 fully saturated rings. The monoisotopic (exact) mass is 336 g/mol. The molecule has 0 aliphatic rings. The number of alkyl carbamates (subject to hydrolysis) is 1. The Morgan fingerprint density at radius 3 is 2.84 bits per heavy atom. The van der Waals surface area contributed by atoms with Crippen LogP contribution in [-0.4, -0.2) is 17.6 Å². The van der Waals surface area contributed by atoms with Crippen molar-refractivity contribution in [1.82, 2.24) is 10.3 Å². The number of ether oxygens (including phenoxy) is 1. The van der Waals surface area contributed by atoms with Gasteiger partial charge in [0.25, 0.3) is 0 Å². The molecule has 4 nitrogen and oxygen atoms in total. The number of carbonyl (C=O) groups excluding carboxylic acids is 1. The first kappa shape index (κ1) is 16.6. The molecule has 0 saturated heterocycles. The average Bonchev–Trinajstić information content (AvgIpc) is 2.64. The lowest BCUT2D eigenvalue weighted by Gasteiger charge is -2.05. The van der Waals surface area contributed by atoms with E-state index in [9.17, 15) is 9.18 Å². The molecule has 0 radical (unpaired) electrons. The third-order valence-corrected chi connectivity index (χ3v) is 3.60. The van der Waals surface area contributed by atoms with Crippen molar-refractivity contribution in [2.45, 2.75) is 6.61 Å². The van der Waals surface area contributed by atoms with Gasteiger partial charge in [0.2, 0.25) is 0 Å². The summed E-state index contributed by atoms with van der Waals surface area (Å²) in [7, 11) is 0. The average molecular weight is 336 g/mol. The lowest BCUT2D eigenvalue weighted by atomic mass is 10.1. The summed E-state index contributed by atoms with van der Waals surface area (Å²) in [5.74, 6) is -0.353. The van der Waals surface area contributed by atoms with Crippen LogP contribution in [0.4, 0.5) is 9.18 Å². The highest BCUT2D eigenvalue weighted by Crippen LogP contribution is 2.18. The molecule has 0 spiro atoms. The molecular weight excluding hydrogens is 319 g/mol. The van der Waals surface area contributed by atoms with Gasteiger partial charge in [-0.3, -0.25) is 4.98 Å². The van der Waals surface area contributed by atoms with E-state index in [1.807, 2.05) is 36.4 Å². The lowest BCUT2D eigenvalue weighted by Crippen LogP contribution is -2.24. The van der Waals surface area contributed by atoms with E-state index < -0.39 is 6.09 Å². The van der Waals surface area contributed by atoms with E-state index in [4.69, 9.17) is 4.74 Å². The molecule has 0 aliphatic carbocycles. The minimum atomic E-state index is -0.517. The van der Waals surface area contributed by atoms with Crippen LogP contribution in [0, 0.1) is 5.82 Å². The molecule has 0 atom stereocenters. The van der Waals surface area contributed by atoms with Crippen molar-refractivity contribution in [3.63, 3.8) is 0 Å². The van der Waals surface area contributed by atoms with Crippen molar-refractivity contribution in [1.29, 1.82) is 0 Å². The van der Waals surface area contributed by atoms with Crippen LogP contribution in [0.2, 0.25) is 0 Å². The number of nitrogens with zero attached hydrogens (tertiary/aromatic N) is 1. The van der Waals surface area contributed by atoms with Crippen molar-refractivity contribution in [2.75, 3.05) is 6.54 Å². The summed E-state index contributed by atoms with van der Waals surface area (Å²) in [4.78, 5) is 15.7. The molecule has 25 heavy (non-hydrogen) atoms. The Balaban J connectivity index is 1.51. The summed E-state index contributed by atoms with van der Waals surface area (Å²) < 4.78 is 19.1. The third kappa shape index (κ3) is 4.64. The molecule has 0 aliphatic heterocycles. The molecule has 3 rings (SSSR count). The topological polar surface area (TPSA) is 51.2 Å². The predicted octanol–water partition coefficient (Wildman–Crippen LogP) is 4.31. The minimum absolute atomic E-state index is 0.211. The Labute approximate surface area is 145 Å². The first-order valence-corrected chi connectivity index (χ1v) is 7.88. The Morgan fingerprint density at radius 1 is 1.16 bits per heavy atom. The maximum Gasteiger partial charge on any atom is 0.407 e. The van der Waals surface area contributed by atoms with Crippen LogP contribution in [0.15, 0.2) is 66.9 Å². The fraction of sp³-hybridized carbons (Fsp3) is 0.100. The Hall–Kier alpha value is -3.21. The minimum Gasteiger partial charge on any atom is -0.445 e. The Bertz CT molecular complexity index is 895. The van der Waals surface area contributed by atoms with Gasteiger partial charge in [-0.05, 0) is 17.7 Å². The van der Waals surface area contributed by atoms with Crippen molar-refractivity contribution >= 4 is 23.1 Å². The van der Waals surface area contributed by atoms with E-state index in [0.717, 1.165) is 10.9 Å². The molecule has 0 unspecified atom stereocenters. The summed E-state index contributed by atoms with van der Waals surface area (Å²) in [5.41, 5.74) is 1.97. The first-order chi connectivity index (χ1) is 12.2. The number of benzene rings is 2. The van der Waals surface area contributed by atoms with Crippen LogP contribution in [0.25, 0.3) is 17.0 Å². The van der Waals surface area contributed by atoms with E-state index in [-0.39, 0.29) is 19.0 Å². The normalized spacial score (nSPS) is 10.9. The molecular formula is C20H17FN2O2. The van der Waals surface area contributed by atoms with E-state index in [2.05, 4.69) is 10.3 Å². The van der Waals surface area contributed by atoms with Crippen LogP contribution in [0.3, 0.4) is 0 Å². The van der Waals surface area contributed by atoms with E-state index in [0.29, 0.717) is 11.1 Å². The summed E-state index contributed by atoms with van der Waals surface area (Å²) in [6.45, 7) is 0.459. The van der Waals surface area contributed by atoms with Gasteiger partial charge in [-0.1, -0.05) is 48.6 Å². The number of rotatable bonds is 5. The van der Waals surface area contributed by atoms with Crippen molar-refractivity contribution in [2.24, 2.45) is 0 Å². The second-order valence-electron chi connectivity index (χ2n) is 5.41. The predicted molar refractivity (Wildman–Crippen MR) is 95.4 cm³/mol. The van der Waals surface area contributed by atoms with Gasteiger partial charge < -0.3 is 10.1 Å². The second-order valence-corrected chi connectivity index (χ2v) is 5.41. The van der Waals surface area contributed by atoms with Gasteiger partial charge in [0.1, 0.15) is 12.4 Å². The fourth-order valence-electron chi connectivity index (χ4n) is 2.34. The zero-order chi connectivity index (χ0) is 17.5.